The summed E-state index contributed by atoms with van der Waals surface area (Å²) in [4.78, 5) is 80.1. The minimum atomic E-state index is -1.40. The molecule has 6 aliphatic rings. The van der Waals surface area contributed by atoms with E-state index in [0.29, 0.717) is 22.3 Å². The lowest BCUT2D eigenvalue weighted by Crippen LogP contribution is -3.05. The largest absolute Gasteiger partial charge is 0.343 e. The van der Waals surface area contributed by atoms with Crippen LogP contribution in [-0.4, -0.2) is 65.6 Å². The van der Waals surface area contributed by atoms with E-state index in [1.165, 1.54) is 0 Å². The first kappa shape index (κ1) is 15.9. The Bertz CT molecular complexity index is 1080. The summed E-state index contributed by atoms with van der Waals surface area (Å²) in [5.41, 5.74) is 4.13. The molecule has 0 spiro atoms. The van der Waals surface area contributed by atoms with Crippen LogP contribution in [-0.2, 0) is 11.6 Å². The molecule has 0 bridgehead atoms. The molecule has 7 rings (SSSR count). The average molecular weight is 408 g/mol. The quantitative estimate of drug-likeness (QED) is 0.735. The molecule has 6 saturated heterocycles. The van der Waals surface area contributed by atoms with E-state index in [-0.39, 0.29) is 0 Å². The zero-order valence-corrected chi connectivity index (χ0v) is 16.1. The van der Waals surface area contributed by atoms with Crippen molar-refractivity contribution >= 4 is 36.2 Å². The fourth-order valence-corrected chi connectivity index (χ4v) is 5.84. The van der Waals surface area contributed by atoms with Crippen LogP contribution in [0, 0.1) is 27.7 Å². The van der Waals surface area contributed by atoms with Gasteiger partial charge in [-0.2, -0.15) is 29.4 Å². The van der Waals surface area contributed by atoms with E-state index in [2.05, 4.69) is 0 Å². The van der Waals surface area contributed by atoms with Gasteiger partial charge in [0.15, 0.2) is 0 Å². The Morgan fingerprint density at radius 1 is 0.400 bits per heavy atom. The molecule has 6 fully saturated rings. The number of hydrogen-bond donors (Lipinski definition) is 0. The van der Waals surface area contributed by atoms with Crippen LogP contribution in [0.2, 0.25) is 0 Å². The van der Waals surface area contributed by atoms with E-state index in [4.69, 9.17) is 0 Å². The maximum atomic E-state index is 12.4. The summed E-state index contributed by atoms with van der Waals surface area (Å²) in [5, 5.41) is 0. The summed E-state index contributed by atoms with van der Waals surface area (Å²) in [5.74, 6) is -2.80. The number of carbonyl (C=O) groups is 6. The van der Waals surface area contributed by atoms with E-state index in [1.54, 1.807) is 13.8 Å². The lowest BCUT2D eigenvalue weighted by atomic mass is 9.72. The van der Waals surface area contributed by atoms with Crippen molar-refractivity contribution in [3.05, 3.63) is 33.4 Å². The highest BCUT2D eigenvalue weighted by Gasteiger charge is 2.92. The SMILES string of the molecule is Cc1c(C)c(C)c(C23N4C(=O)N2C(=O)N3C4=O)c(C23N4C(=O)N2C(=O)N3C4=O)c1C. The van der Waals surface area contributed by atoms with Crippen molar-refractivity contribution < 1.29 is 28.8 Å². The average Bonchev–Trinajstić information content (AvgIpc) is 2.64. The number of imide groups is 6. The fourth-order valence-electron chi connectivity index (χ4n) is 5.84. The van der Waals surface area contributed by atoms with Gasteiger partial charge in [-0.1, -0.05) is 0 Å². The monoisotopic (exact) mass is 408 g/mol. The number of nitrogens with zero attached hydrogens (tertiary/aromatic N) is 6. The second kappa shape index (κ2) is 3.76. The molecule has 12 heteroatoms. The number of rotatable bonds is 2. The van der Waals surface area contributed by atoms with Gasteiger partial charge in [-0.3, -0.25) is 0 Å². The molecular weight excluding hydrogens is 396 g/mol. The van der Waals surface area contributed by atoms with Crippen molar-refractivity contribution in [3.8, 4) is 0 Å². The molecule has 6 aliphatic heterocycles. The molecular formula is C18H12N6O6. The van der Waals surface area contributed by atoms with Crippen molar-refractivity contribution in [3.63, 3.8) is 0 Å². The van der Waals surface area contributed by atoms with Gasteiger partial charge in [0.05, 0.1) is 0 Å². The van der Waals surface area contributed by atoms with Crippen molar-refractivity contribution in [2.45, 2.75) is 39.3 Å². The molecule has 0 atom stereocenters. The van der Waals surface area contributed by atoms with Gasteiger partial charge in [0.25, 0.3) is 11.6 Å². The molecule has 0 N–H and O–H groups in total. The van der Waals surface area contributed by atoms with Crippen LogP contribution >= 0.6 is 0 Å². The standard InChI is InChI=1S/C18H12N6O6/c1-5-6(2)8(4)10(18-22-14(28)23(18)16(30)24(18)15(22)29)9(7(5)3)17-19-11(25)20(17)13(27)21(17)12(19)26/h1-4H3. The van der Waals surface area contributed by atoms with Crippen LogP contribution in [0.5, 0.6) is 0 Å². The highest BCUT2D eigenvalue weighted by Crippen LogP contribution is 2.68. The number of urea groups is 6. The molecule has 0 unspecified atom stereocenters. The summed E-state index contributed by atoms with van der Waals surface area (Å²) in [6, 6.07) is -4.25. The van der Waals surface area contributed by atoms with E-state index >= 15 is 0 Å². The smallest absolute Gasteiger partial charge is 0.247 e. The Kier molecular flexibility index (Phi) is 1.99. The highest BCUT2D eigenvalue weighted by atomic mass is 16.3. The predicted molar refractivity (Wildman–Crippen MR) is 92.2 cm³/mol. The first-order chi connectivity index (χ1) is 14.1. The number of benzene rings is 1. The van der Waals surface area contributed by atoms with E-state index in [9.17, 15) is 28.8 Å². The van der Waals surface area contributed by atoms with Crippen molar-refractivity contribution in [2.24, 2.45) is 0 Å². The van der Waals surface area contributed by atoms with Crippen molar-refractivity contribution in [1.82, 2.24) is 29.4 Å². The van der Waals surface area contributed by atoms with E-state index in [0.717, 1.165) is 40.5 Å². The van der Waals surface area contributed by atoms with E-state index in [1.807, 2.05) is 13.8 Å². The maximum Gasteiger partial charge on any atom is 0.343 e. The van der Waals surface area contributed by atoms with Crippen LogP contribution in [0.15, 0.2) is 0 Å². The summed E-state index contributed by atoms with van der Waals surface area (Å²) >= 11 is 0. The van der Waals surface area contributed by atoms with Gasteiger partial charge in [-0.05, 0) is 49.9 Å². The maximum absolute atomic E-state index is 12.4. The molecule has 12 nitrogen and oxygen atoms in total. The lowest BCUT2D eigenvalue weighted by molar-refractivity contribution is -0.261. The van der Waals surface area contributed by atoms with Crippen molar-refractivity contribution in [2.75, 3.05) is 0 Å². The first-order valence-corrected chi connectivity index (χ1v) is 9.25. The molecule has 1 aromatic carbocycles. The predicted octanol–water partition coefficient (Wildman–Crippen LogP) is 1.75. The Labute approximate surface area is 167 Å². The van der Waals surface area contributed by atoms with Gasteiger partial charge in [0.2, 0.25) is 0 Å². The van der Waals surface area contributed by atoms with Gasteiger partial charge in [0, 0.05) is 11.1 Å². The molecule has 6 heterocycles. The third kappa shape index (κ3) is 0.948. The van der Waals surface area contributed by atoms with Crippen LogP contribution in [0.4, 0.5) is 28.8 Å². The number of amides is 12. The third-order valence-electron chi connectivity index (χ3n) is 7.52. The van der Waals surface area contributed by atoms with Gasteiger partial charge < -0.3 is 0 Å². The Balaban J connectivity index is 1.56. The molecule has 0 saturated carbocycles. The lowest BCUT2D eigenvalue weighted by Gasteiger charge is -2.79. The van der Waals surface area contributed by atoms with Gasteiger partial charge in [-0.25, -0.2) is 28.8 Å². The normalized spacial score (nSPS) is 25.2. The Hall–Kier alpha value is -3.96. The first-order valence-electron chi connectivity index (χ1n) is 9.25. The zero-order chi connectivity index (χ0) is 21.4. The second-order valence-corrected chi connectivity index (χ2v) is 8.23. The van der Waals surface area contributed by atoms with Crippen molar-refractivity contribution in [1.29, 1.82) is 0 Å². The molecule has 1 aromatic rings. The number of hydrogen-bond acceptors (Lipinski definition) is 6. The summed E-state index contributed by atoms with van der Waals surface area (Å²) in [6.45, 7) is 7.35. The minimum absolute atomic E-state index is 0.467. The third-order valence-corrected chi connectivity index (χ3v) is 7.52. The van der Waals surface area contributed by atoms with Gasteiger partial charge >= 0.3 is 36.2 Å². The molecule has 150 valence electrons. The summed E-state index contributed by atoms with van der Waals surface area (Å²) < 4.78 is 0. The minimum Gasteiger partial charge on any atom is -0.247 e. The van der Waals surface area contributed by atoms with Crippen LogP contribution < -0.4 is 0 Å². The van der Waals surface area contributed by atoms with Crippen LogP contribution in [0.3, 0.4) is 0 Å². The molecule has 30 heavy (non-hydrogen) atoms. The summed E-state index contributed by atoms with van der Waals surface area (Å²) in [6.07, 6.45) is 0. The second-order valence-electron chi connectivity index (χ2n) is 8.23. The van der Waals surface area contributed by atoms with Gasteiger partial charge in [-0.15, -0.1) is 0 Å². The summed E-state index contributed by atoms with van der Waals surface area (Å²) in [7, 11) is 0. The Morgan fingerprint density at radius 2 is 0.600 bits per heavy atom. The topological polar surface area (TPSA) is 122 Å². The molecule has 0 aromatic heterocycles. The molecule has 0 aliphatic carbocycles. The van der Waals surface area contributed by atoms with Gasteiger partial charge in [0.1, 0.15) is 0 Å². The fraction of sp³-hybridized carbons (Fsp3) is 0.333. The molecule has 12 amide bonds. The van der Waals surface area contributed by atoms with Crippen LogP contribution in [0.1, 0.15) is 33.4 Å². The zero-order valence-electron chi connectivity index (χ0n) is 16.1. The van der Waals surface area contributed by atoms with Crippen LogP contribution in [0.25, 0.3) is 0 Å². The highest BCUT2D eigenvalue weighted by molar-refractivity contribution is 6.27. The number of carbonyl (C=O) groups excluding carboxylic acids is 6. The molecule has 0 radical (unpaired) electrons. The van der Waals surface area contributed by atoms with E-state index < -0.39 is 47.8 Å². The Morgan fingerprint density at radius 3 is 0.800 bits per heavy atom.